The van der Waals surface area contributed by atoms with Gasteiger partial charge in [-0.05, 0) is 18.6 Å². The first-order chi connectivity index (χ1) is 7.10. The first-order valence-corrected chi connectivity index (χ1v) is 4.15. The van der Waals surface area contributed by atoms with Gasteiger partial charge in [-0.15, -0.1) is 0 Å². The van der Waals surface area contributed by atoms with E-state index >= 15 is 0 Å². The highest BCUT2D eigenvalue weighted by Gasteiger charge is 2.18. The monoisotopic (exact) mass is 201 g/mol. The van der Waals surface area contributed by atoms with Crippen molar-refractivity contribution in [2.75, 3.05) is 0 Å². The van der Waals surface area contributed by atoms with Crippen LogP contribution in [0.15, 0.2) is 12.1 Å². The highest BCUT2D eigenvalue weighted by Crippen LogP contribution is 2.24. The Morgan fingerprint density at radius 2 is 2.13 bits per heavy atom. The second-order valence-corrected chi connectivity index (χ2v) is 3.01. The van der Waals surface area contributed by atoms with E-state index in [-0.39, 0.29) is 23.2 Å². The van der Waals surface area contributed by atoms with Crippen LogP contribution in [0, 0.1) is 39.7 Å². The Morgan fingerprint density at radius 3 is 2.60 bits per heavy atom. The molecule has 0 aliphatic heterocycles. The summed E-state index contributed by atoms with van der Waals surface area (Å²) < 4.78 is 0. The summed E-state index contributed by atoms with van der Waals surface area (Å²) in [5.41, 5.74) is 0.867. The van der Waals surface area contributed by atoms with Crippen molar-refractivity contribution in [3.05, 3.63) is 38.9 Å². The average molecular weight is 201 g/mol. The van der Waals surface area contributed by atoms with Gasteiger partial charge in [-0.1, -0.05) is 0 Å². The minimum atomic E-state index is -0.569. The smallest absolute Gasteiger partial charge is 0.258 e. The van der Waals surface area contributed by atoms with Crippen LogP contribution in [-0.2, 0) is 6.42 Å². The molecule has 1 aromatic rings. The van der Waals surface area contributed by atoms with Gasteiger partial charge in [0, 0.05) is 6.07 Å². The zero-order valence-corrected chi connectivity index (χ0v) is 8.02. The van der Waals surface area contributed by atoms with E-state index in [0.29, 0.717) is 5.56 Å². The zero-order valence-electron chi connectivity index (χ0n) is 8.02. The van der Waals surface area contributed by atoms with E-state index in [0.717, 1.165) is 0 Å². The number of aryl methyl sites for hydroxylation is 1. The number of hydrogen-bond donors (Lipinski definition) is 0. The normalized spacial score (nSPS) is 9.00. The molecular formula is C10H7N3O2. The molecule has 0 saturated heterocycles. The van der Waals surface area contributed by atoms with Crippen LogP contribution < -0.4 is 0 Å². The first kappa shape index (κ1) is 10.7. The molecule has 0 bridgehead atoms. The van der Waals surface area contributed by atoms with Gasteiger partial charge in [-0.25, -0.2) is 0 Å². The number of nitro groups is 1. The third-order valence-electron chi connectivity index (χ3n) is 1.94. The maximum Gasteiger partial charge on any atom is 0.275 e. The van der Waals surface area contributed by atoms with Gasteiger partial charge in [0.25, 0.3) is 5.69 Å². The molecule has 0 fully saturated rings. The molecule has 0 saturated carbocycles. The first-order valence-electron chi connectivity index (χ1n) is 4.15. The summed E-state index contributed by atoms with van der Waals surface area (Å²) in [6.07, 6.45) is -0.126. The molecule has 74 valence electrons. The third-order valence-corrected chi connectivity index (χ3v) is 1.94. The molecule has 0 aromatic heterocycles. The SMILES string of the molecule is Cc1cc(C#N)c(CC#N)c([N+](=O)[O-])c1. The quantitative estimate of drug-likeness (QED) is 0.539. The lowest BCUT2D eigenvalue weighted by atomic mass is 10.0. The second-order valence-electron chi connectivity index (χ2n) is 3.01. The summed E-state index contributed by atoms with van der Waals surface area (Å²) in [5.74, 6) is 0. The molecule has 0 heterocycles. The van der Waals surface area contributed by atoms with Crippen LogP contribution in [0.5, 0.6) is 0 Å². The van der Waals surface area contributed by atoms with Crippen LogP contribution in [0.2, 0.25) is 0 Å². The topological polar surface area (TPSA) is 90.7 Å². The van der Waals surface area contributed by atoms with Crippen molar-refractivity contribution in [2.24, 2.45) is 0 Å². The molecule has 0 aliphatic carbocycles. The number of benzene rings is 1. The number of nitriles is 2. The maximum absolute atomic E-state index is 10.7. The summed E-state index contributed by atoms with van der Waals surface area (Å²) in [6.45, 7) is 1.67. The van der Waals surface area contributed by atoms with Gasteiger partial charge >= 0.3 is 0 Å². The average Bonchev–Trinajstić information content (AvgIpc) is 2.19. The lowest BCUT2D eigenvalue weighted by Crippen LogP contribution is -1.99. The Hall–Kier alpha value is -2.40. The van der Waals surface area contributed by atoms with Crippen LogP contribution in [0.1, 0.15) is 16.7 Å². The van der Waals surface area contributed by atoms with Crippen LogP contribution in [-0.4, -0.2) is 4.92 Å². The van der Waals surface area contributed by atoms with Crippen molar-refractivity contribution in [2.45, 2.75) is 13.3 Å². The van der Waals surface area contributed by atoms with Gasteiger partial charge in [0.15, 0.2) is 0 Å². The van der Waals surface area contributed by atoms with E-state index in [2.05, 4.69) is 0 Å². The molecule has 0 atom stereocenters. The molecule has 0 amide bonds. The van der Waals surface area contributed by atoms with Crippen LogP contribution in [0.25, 0.3) is 0 Å². The number of nitro benzene ring substituents is 1. The fourth-order valence-corrected chi connectivity index (χ4v) is 1.32. The second kappa shape index (κ2) is 4.21. The van der Waals surface area contributed by atoms with Gasteiger partial charge in [-0.3, -0.25) is 10.1 Å². The van der Waals surface area contributed by atoms with Gasteiger partial charge in [0.2, 0.25) is 0 Å². The molecule has 0 N–H and O–H groups in total. The van der Waals surface area contributed by atoms with E-state index in [9.17, 15) is 10.1 Å². The highest BCUT2D eigenvalue weighted by molar-refractivity contribution is 5.54. The molecule has 15 heavy (non-hydrogen) atoms. The lowest BCUT2D eigenvalue weighted by molar-refractivity contribution is -0.385. The van der Waals surface area contributed by atoms with Gasteiger partial charge in [-0.2, -0.15) is 10.5 Å². The molecule has 5 nitrogen and oxygen atoms in total. The third kappa shape index (κ3) is 2.09. The van der Waals surface area contributed by atoms with Gasteiger partial charge in [0.1, 0.15) is 0 Å². The fraction of sp³-hybridized carbons (Fsp3) is 0.200. The minimum Gasteiger partial charge on any atom is -0.258 e. The van der Waals surface area contributed by atoms with Crippen LogP contribution in [0.3, 0.4) is 0 Å². The summed E-state index contributed by atoms with van der Waals surface area (Å²) >= 11 is 0. The molecule has 1 rings (SSSR count). The van der Waals surface area contributed by atoms with Crippen molar-refractivity contribution >= 4 is 5.69 Å². The highest BCUT2D eigenvalue weighted by atomic mass is 16.6. The number of hydrogen-bond acceptors (Lipinski definition) is 4. The van der Waals surface area contributed by atoms with E-state index < -0.39 is 4.92 Å². The Kier molecular flexibility index (Phi) is 3.00. The van der Waals surface area contributed by atoms with Crippen molar-refractivity contribution < 1.29 is 4.92 Å². The van der Waals surface area contributed by atoms with Crippen molar-refractivity contribution in [3.63, 3.8) is 0 Å². The van der Waals surface area contributed by atoms with Gasteiger partial charge < -0.3 is 0 Å². The van der Waals surface area contributed by atoms with Crippen LogP contribution >= 0.6 is 0 Å². The van der Waals surface area contributed by atoms with Gasteiger partial charge in [0.05, 0.1) is 34.6 Å². The Morgan fingerprint density at radius 1 is 1.47 bits per heavy atom. The summed E-state index contributed by atoms with van der Waals surface area (Å²) in [6, 6.07) is 6.59. The lowest BCUT2D eigenvalue weighted by Gasteiger charge is -2.02. The predicted molar refractivity (Wildman–Crippen MR) is 51.9 cm³/mol. The Labute approximate surface area is 86.3 Å². The Bertz CT molecular complexity index is 495. The predicted octanol–water partition coefficient (Wildman–Crippen LogP) is 1.84. The summed E-state index contributed by atoms with van der Waals surface area (Å²) in [5, 5.41) is 28.0. The minimum absolute atomic E-state index is 0.126. The number of rotatable bonds is 2. The molecule has 0 unspecified atom stereocenters. The van der Waals surface area contributed by atoms with E-state index in [4.69, 9.17) is 10.5 Å². The van der Waals surface area contributed by atoms with E-state index in [1.165, 1.54) is 6.07 Å². The maximum atomic E-state index is 10.7. The fourth-order valence-electron chi connectivity index (χ4n) is 1.32. The molecule has 0 spiro atoms. The molecule has 0 radical (unpaired) electrons. The standard InChI is InChI=1S/C10H7N3O2/c1-7-4-8(6-12)9(2-3-11)10(5-7)13(14)15/h4-5H,2H2,1H3. The summed E-state index contributed by atoms with van der Waals surface area (Å²) in [7, 11) is 0. The van der Waals surface area contributed by atoms with Crippen molar-refractivity contribution in [3.8, 4) is 12.1 Å². The zero-order chi connectivity index (χ0) is 11.4. The molecule has 1 aromatic carbocycles. The van der Waals surface area contributed by atoms with Crippen molar-refractivity contribution in [1.29, 1.82) is 10.5 Å². The largest absolute Gasteiger partial charge is 0.275 e. The Balaban J connectivity index is 3.50. The van der Waals surface area contributed by atoms with Crippen molar-refractivity contribution in [1.82, 2.24) is 0 Å². The molecule has 5 heteroatoms. The van der Waals surface area contributed by atoms with E-state index in [1.807, 2.05) is 12.1 Å². The molecule has 0 aliphatic rings. The molecular weight excluding hydrogens is 194 g/mol. The van der Waals surface area contributed by atoms with E-state index in [1.54, 1.807) is 13.0 Å². The summed E-state index contributed by atoms with van der Waals surface area (Å²) in [4.78, 5) is 10.1. The van der Waals surface area contributed by atoms with Crippen LogP contribution in [0.4, 0.5) is 5.69 Å². The number of nitrogens with zero attached hydrogens (tertiary/aromatic N) is 3.